The molecule has 0 N–H and O–H groups in total. The minimum Gasteiger partial charge on any atom is -0.311 e. The molecule has 0 aliphatic rings. The van der Waals surface area contributed by atoms with Crippen LogP contribution in [0.3, 0.4) is 0 Å². The number of benzene rings is 3. The van der Waals surface area contributed by atoms with E-state index in [9.17, 15) is 35.1 Å². The molecule has 0 unspecified atom stereocenters. The lowest BCUT2D eigenvalue weighted by molar-refractivity contribution is -0.415. The molecule has 0 saturated heterocycles. The molecule has 3 aromatic rings. The third kappa shape index (κ3) is 5.68. The highest BCUT2D eigenvalue weighted by molar-refractivity contribution is 5.66. The third-order valence-corrected chi connectivity index (χ3v) is 4.91. The molecule has 188 valence electrons. The monoisotopic (exact) mass is 513 g/mol. The number of ether oxygens (including phenoxy) is 1. The summed E-state index contributed by atoms with van der Waals surface area (Å²) in [4.78, 5) is 0. The quantitative estimate of drug-likeness (QED) is 0.214. The van der Waals surface area contributed by atoms with Crippen LogP contribution in [-0.4, -0.2) is 24.4 Å². The fourth-order valence-corrected chi connectivity index (χ4v) is 2.83. The summed E-state index contributed by atoms with van der Waals surface area (Å²) in [6.07, 6.45) is -10.9. The number of azo groups is 1. The van der Waals surface area contributed by atoms with Crippen LogP contribution in [0.15, 0.2) is 83.0 Å². The second kappa shape index (κ2) is 10.4. The number of halogens is 8. The minimum absolute atomic E-state index is 0.128. The maximum Gasteiger partial charge on any atom is 0.426 e. The standard InChI is InChI=1S/C24H15F8N3O/c25-21(26)22(27,28)23(29,30)24(31,32)36-14-16-3-9-19(10-4-16)34-35-20-11-7-18(8-12-20)17-5-1-15(13-33)2-6-17/h1-12,21H,14H2. The first-order valence-corrected chi connectivity index (χ1v) is 10.0. The van der Waals surface area contributed by atoms with Gasteiger partial charge in [0.15, 0.2) is 0 Å². The summed E-state index contributed by atoms with van der Waals surface area (Å²) < 4.78 is 107. The predicted molar refractivity (Wildman–Crippen MR) is 113 cm³/mol. The summed E-state index contributed by atoms with van der Waals surface area (Å²) in [6, 6.07) is 20.7. The van der Waals surface area contributed by atoms with E-state index in [4.69, 9.17) is 5.26 Å². The van der Waals surface area contributed by atoms with E-state index in [1.54, 1.807) is 48.5 Å². The Morgan fingerprint density at radius 1 is 0.722 bits per heavy atom. The number of hydrogen-bond donors (Lipinski definition) is 0. The van der Waals surface area contributed by atoms with Crippen molar-refractivity contribution in [1.82, 2.24) is 0 Å². The summed E-state index contributed by atoms with van der Waals surface area (Å²) in [5, 5.41) is 16.8. The highest BCUT2D eigenvalue weighted by Crippen LogP contribution is 2.49. The molecule has 0 aliphatic heterocycles. The Bertz CT molecular complexity index is 1240. The molecule has 0 saturated carbocycles. The van der Waals surface area contributed by atoms with Gasteiger partial charge in [-0.05, 0) is 53.1 Å². The molecule has 0 amide bonds. The average Bonchev–Trinajstić information content (AvgIpc) is 2.87. The Balaban J connectivity index is 1.61. The van der Waals surface area contributed by atoms with E-state index in [-0.39, 0.29) is 11.3 Å². The van der Waals surface area contributed by atoms with Crippen molar-refractivity contribution >= 4 is 11.4 Å². The summed E-state index contributed by atoms with van der Waals surface area (Å²) in [5.41, 5.74) is 2.88. The zero-order valence-electron chi connectivity index (χ0n) is 18.0. The zero-order valence-corrected chi connectivity index (χ0v) is 18.0. The van der Waals surface area contributed by atoms with E-state index in [0.717, 1.165) is 23.3 Å². The average molecular weight is 513 g/mol. The fourth-order valence-electron chi connectivity index (χ4n) is 2.83. The summed E-state index contributed by atoms with van der Waals surface area (Å²) >= 11 is 0. The number of nitrogens with zero attached hydrogens (tertiary/aromatic N) is 3. The molecule has 3 aromatic carbocycles. The molecular formula is C24H15F8N3O. The summed E-state index contributed by atoms with van der Waals surface area (Å²) in [6.45, 7) is -1.25. The first-order valence-electron chi connectivity index (χ1n) is 10.0. The van der Waals surface area contributed by atoms with Crippen molar-refractivity contribution in [3.8, 4) is 17.2 Å². The van der Waals surface area contributed by atoms with Crippen LogP contribution in [0.2, 0.25) is 0 Å². The Labute approximate surface area is 199 Å². The molecule has 12 heteroatoms. The SMILES string of the molecule is N#Cc1ccc(-c2ccc(N=Nc3ccc(COC(F)(F)C(F)(F)C(F)(F)C(F)F)cc3)cc2)cc1. The van der Waals surface area contributed by atoms with Gasteiger partial charge in [0.2, 0.25) is 0 Å². The van der Waals surface area contributed by atoms with Crippen LogP contribution in [0, 0.1) is 11.3 Å². The first kappa shape index (κ1) is 26.7. The Morgan fingerprint density at radius 2 is 1.17 bits per heavy atom. The van der Waals surface area contributed by atoms with Crippen molar-refractivity contribution in [2.45, 2.75) is 31.0 Å². The van der Waals surface area contributed by atoms with Crippen LogP contribution in [0.1, 0.15) is 11.1 Å². The lowest BCUT2D eigenvalue weighted by Crippen LogP contribution is -2.58. The molecule has 0 aliphatic carbocycles. The van der Waals surface area contributed by atoms with E-state index in [2.05, 4.69) is 15.0 Å². The van der Waals surface area contributed by atoms with E-state index in [1.807, 2.05) is 6.07 Å². The third-order valence-electron chi connectivity index (χ3n) is 4.91. The highest BCUT2D eigenvalue weighted by atomic mass is 19.4. The molecule has 0 heterocycles. The zero-order chi connectivity index (χ0) is 26.6. The van der Waals surface area contributed by atoms with Crippen molar-refractivity contribution in [2.24, 2.45) is 10.2 Å². The number of alkyl halides is 8. The normalized spacial score (nSPS) is 12.8. The lowest BCUT2D eigenvalue weighted by atomic mass is 10.0. The number of hydrogen-bond acceptors (Lipinski definition) is 4. The van der Waals surface area contributed by atoms with Gasteiger partial charge in [-0.15, -0.1) is 0 Å². The van der Waals surface area contributed by atoms with Crippen molar-refractivity contribution in [3.05, 3.63) is 83.9 Å². The van der Waals surface area contributed by atoms with Gasteiger partial charge in [0, 0.05) is 0 Å². The Kier molecular flexibility index (Phi) is 7.74. The van der Waals surface area contributed by atoms with Crippen molar-refractivity contribution < 1.29 is 39.9 Å². The van der Waals surface area contributed by atoms with Crippen LogP contribution in [0.5, 0.6) is 0 Å². The van der Waals surface area contributed by atoms with Crippen LogP contribution >= 0.6 is 0 Å². The first-order chi connectivity index (χ1) is 16.9. The molecule has 0 spiro atoms. The lowest BCUT2D eigenvalue weighted by Gasteiger charge is -2.31. The second-order valence-electron chi connectivity index (χ2n) is 7.41. The highest BCUT2D eigenvalue weighted by Gasteiger charge is 2.76. The molecule has 4 nitrogen and oxygen atoms in total. The summed E-state index contributed by atoms with van der Waals surface area (Å²) in [7, 11) is 0. The van der Waals surface area contributed by atoms with E-state index in [0.29, 0.717) is 11.3 Å². The number of nitriles is 1. The van der Waals surface area contributed by atoms with Crippen LogP contribution < -0.4 is 0 Å². The molecule has 0 fully saturated rings. The van der Waals surface area contributed by atoms with Crippen LogP contribution in [0.4, 0.5) is 46.5 Å². The minimum atomic E-state index is -6.43. The molecule has 36 heavy (non-hydrogen) atoms. The van der Waals surface area contributed by atoms with Gasteiger partial charge in [0.25, 0.3) is 0 Å². The molecule has 0 aromatic heterocycles. The summed E-state index contributed by atoms with van der Waals surface area (Å²) in [5.74, 6) is -12.7. The van der Waals surface area contributed by atoms with Crippen molar-refractivity contribution in [1.29, 1.82) is 5.26 Å². The topological polar surface area (TPSA) is 57.7 Å². The molecular weight excluding hydrogens is 498 g/mol. The Hall–Kier alpha value is -3.85. The van der Waals surface area contributed by atoms with E-state index < -0.39 is 31.0 Å². The van der Waals surface area contributed by atoms with E-state index in [1.165, 1.54) is 12.1 Å². The predicted octanol–water partition coefficient (Wildman–Crippen LogP) is 8.29. The van der Waals surface area contributed by atoms with Gasteiger partial charge >= 0.3 is 24.4 Å². The van der Waals surface area contributed by atoms with Crippen molar-refractivity contribution in [3.63, 3.8) is 0 Å². The Morgan fingerprint density at radius 3 is 1.61 bits per heavy atom. The van der Waals surface area contributed by atoms with Gasteiger partial charge in [-0.3, -0.25) is 0 Å². The maximum absolute atomic E-state index is 13.5. The van der Waals surface area contributed by atoms with Gasteiger partial charge in [-0.25, -0.2) is 8.78 Å². The maximum atomic E-state index is 13.5. The van der Waals surface area contributed by atoms with Crippen molar-refractivity contribution in [2.75, 3.05) is 0 Å². The van der Waals surface area contributed by atoms with Gasteiger partial charge < -0.3 is 4.74 Å². The second-order valence-corrected chi connectivity index (χ2v) is 7.41. The molecule has 3 rings (SSSR count). The molecule has 0 atom stereocenters. The molecule has 0 bridgehead atoms. The number of rotatable bonds is 9. The van der Waals surface area contributed by atoms with Gasteiger partial charge in [-0.1, -0.05) is 36.4 Å². The molecule has 0 radical (unpaired) electrons. The van der Waals surface area contributed by atoms with E-state index >= 15 is 0 Å². The van der Waals surface area contributed by atoms with Crippen LogP contribution in [-0.2, 0) is 11.3 Å². The largest absolute Gasteiger partial charge is 0.426 e. The van der Waals surface area contributed by atoms with Gasteiger partial charge in [0.05, 0.1) is 29.6 Å². The van der Waals surface area contributed by atoms with Gasteiger partial charge in [0.1, 0.15) is 0 Å². The smallest absolute Gasteiger partial charge is 0.311 e. The fraction of sp³-hybridized carbons (Fsp3) is 0.208. The van der Waals surface area contributed by atoms with Crippen LogP contribution in [0.25, 0.3) is 11.1 Å². The van der Waals surface area contributed by atoms with Gasteiger partial charge in [-0.2, -0.15) is 41.8 Å².